The van der Waals surface area contributed by atoms with Gasteiger partial charge in [0.15, 0.2) is 5.03 Å². The van der Waals surface area contributed by atoms with E-state index in [0.29, 0.717) is 6.54 Å². The van der Waals surface area contributed by atoms with E-state index in [9.17, 15) is 8.42 Å². The van der Waals surface area contributed by atoms with Gasteiger partial charge in [-0.3, -0.25) is 0 Å². The molecule has 102 valence electrons. The van der Waals surface area contributed by atoms with Crippen LogP contribution in [0.2, 0.25) is 0 Å². The van der Waals surface area contributed by atoms with Crippen molar-refractivity contribution < 1.29 is 8.42 Å². The summed E-state index contributed by atoms with van der Waals surface area (Å²) in [6.07, 6.45) is 2.34. The van der Waals surface area contributed by atoms with Gasteiger partial charge in [0.1, 0.15) is 0 Å². The molecule has 0 saturated heterocycles. The molecule has 18 heavy (non-hydrogen) atoms. The lowest BCUT2D eigenvalue weighted by molar-refractivity contribution is 0.552. The molecule has 1 atom stereocenters. The Bertz CT molecular complexity index is 457. The van der Waals surface area contributed by atoms with E-state index in [2.05, 4.69) is 15.0 Å². The summed E-state index contributed by atoms with van der Waals surface area (Å²) in [5.41, 5.74) is 0.972. The Morgan fingerprint density at radius 3 is 2.56 bits per heavy atom. The van der Waals surface area contributed by atoms with Crippen LogP contribution in [0.5, 0.6) is 0 Å². The predicted molar refractivity (Wildman–Crippen MR) is 71.7 cm³/mol. The van der Waals surface area contributed by atoms with E-state index >= 15 is 0 Å². The molecule has 0 bridgehead atoms. The highest BCUT2D eigenvalue weighted by molar-refractivity contribution is 7.89. The van der Waals surface area contributed by atoms with Crippen LogP contribution in [0.3, 0.4) is 0 Å². The molecule has 2 N–H and O–H groups in total. The molecule has 6 heteroatoms. The maximum absolute atomic E-state index is 11.9. The molecule has 1 aromatic rings. The van der Waals surface area contributed by atoms with Gasteiger partial charge in [0.2, 0.25) is 0 Å². The molecule has 0 amide bonds. The summed E-state index contributed by atoms with van der Waals surface area (Å²) in [7, 11) is -3.49. The first-order valence-electron chi connectivity index (χ1n) is 6.17. The minimum Gasteiger partial charge on any atom is -0.313 e. The normalized spacial score (nSPS) is 13.5. The number of pyridine rings is 1. The lowest BCUT2D eigenvalue weighted by atomic mass is 10.3. The van der Waals surface area contributed by atoms with Crippen molar-refractivity contribution in [2.75, 3.05) is 6.54 Å². The Kier molecular flexibility index (Phi) is 5.71. The number of hydrogen-bond donors (Lipinski definition) is 2. The highest BCUT2D eigenvalue weighted by Gasteiger charge is 2.17. The third kappa shape index (κ3) is 4.36. The largest absolute Gasteiger partial charge is 0.313 e. The summed E-state index contributed by atoms with van der Waals surface area (Å²) in [5, 5.41) is 3.23. The Labute approximate surface area is 109 Å². The molecule has 0 radical (unpaired) electrons. The third-order valence-corrected chi connectivity index (χ3v) is 4.13. The maximum atomic E-state index is 11.9. The lowest BCUT2D eigenvalue weighted by Gasteiger charge is -2.11. The molecular formula is C12H21N3O2S. The minimum absolute atomic E-state index is 0.0723. The summed E-state index contributed by atoms with van der Waals surface area (Å²) < 4.78 is 26.5. The fourth-order valence-electron chi connectivity index (χ4n) is 1.35. The number of rotatable bonds is 7. The summed E-state index contributed by atoms with van der Waals surface area (Å²) in [4.78, 5) is 4.00. The van der Waals surface area contributed by atoms with Crippen LogP contribution in [0.1, 0.15) is 32.8 Å². The van der Waals surface area contributed by atoms with E-state index in [4.69, 9.17) is 0 Å². The van der Waals surface area contributed by atoms with Gasteiger partial charge in [0.25, 0.3) is 10.0 Å². The second-order valence-corrected chi connectivity index (χ2v) is 5.88. The minimum atomic E-state index is -3.49. The Hall–Kier alpha value is -0.980. The first-order chi connectivity index (χ1) is 8.49. The van der Waals surface area contributed by atoms with E-state index in [1.54, 1.807) is 12.3 Å². The van der Waals surface area contributed by atoms with Gasteiger partial charge in [-0.1, -0.05) is 19.9 Å². The number of aromatic nitrogens is 1. The quantitative estimate of drug-likeness (QED) is 0.783. The van der Waals surface area contributed by atoms with E-state index in [0.717, 1.165) is 18.5 Å². The van der Waals surface area contributed by atoms with Gasteiger partial charge in [0, 0.05) is 18.8 Å². The molecule has 0 saturated carbocycles. The molecule has 0 spiro atoms. The number of nitrogens with one attached hydrogen (secondary N) is 2. The van der Waals surface area contributed by atoms with E-state index < -0.39 is 10.0 Å². The van der Waals surface area contributed by atoms with Crippen LogP contribution in [0, 0.1) is 0 Å². The van der Waals surface area contributed by atoms with Crippen molar-refractivity contribution in [2.24, 2.45) is 0 Å². The standard InChI is InChI=1S/C12H21N3O2S/c1-4-10(3)15-18(16,17)12-7-6-11(9-14-12)8-13-5-2/h6-7,9-10,13,15H,4-5,8H2,1-3H3. The van der Waals surface area contributed by atoms with E-state index in [-0.39, 0.29) is 11.1 Å². The zero-order valence-electron chi connectivity index (χ0n) is 11.1. The van der Waals surface area contributed by atoms with Gasteiger partial charge >= 0.3 is 0 Å². The number of hydrogen-bond acceptors (Lipinski definition) is 4. The summed E-state index contributed by atoms with van der Waals surface area (Å²) in [6.45, 7) is 7.35. The number of nitrogens with zero attached hydrogens (tertiary/aromatic N) is 1. The van der Waals surface area contributed by atoms with Crippen molar-refractivity contribution >= 4 is 10.0 Å². The molecule has 0 aliphatic heterocycles. The average Bonchev–Trinajstić information content (AvgIpc) is 2.36. The van der Waals surface area contributed by atoms with E-state index in [1.807, 2.05) is 20.8 Å². The molecule has 1 rings (SSSR count). The highest BCUT2D eigenvalue weighted by Crippen LogP contribution is 2.08. The molecule has 1 aromatic heterocycles. The molecule has 0 aromatic carbocycles. The molecule has 5 nitrogen and oxygen atoms in total. The smallest absolute Gasteiger partial charge is 0.258 e. The second-order valence-electron chi connectivity index (χ2n) is 4.22. The Morgan fingerprint density at radius 2 is 2.06 bits per heavy atom. The molecule has 1 heterocycles. The first-order valence-corrected chi connectivity index (χ1v) is 7.66. The summed E-state index contributed by atoms with van der Waals surface area (Å²) >= 11 is 0. The van der Waals surface area contributed by atoms with Crippen molar-refractivity contribution in [3.8, 4) is 0 Å². The summed E-state index contributed by atoms with van der Waals surface area (Å²) in [6, 6.07) is 3.23. The molecular weight excluding hydrogens is 250 g/mol. The number of sulfonamides is 1. The summed E-state index contributed by atoms with van der Waals surface area (Å²) in [5.74, 6) is 0. The van der Waals surface area contributed by atoms with Crippen LogP contribution < -0.4 is 10.0 Å². The second kappa shape index (κ2) is 6.82. The highest BCUT2D eigenvalue weighted by atomic mass is 32.2. The Morgan fingerprint density at radius 1 is 1.33 bits per heavy atom. The van der Waals surface area contributed by atoms with Gasteiger partial charge in [-0.05, 0) is 31.5 Å². The first kappa shape index (κ1) is 15.1. The van der Waals surface area contributed by atoms with Crippen molar-refractivity contribution in [1.29, 1.82) is 0 Å². The fraction of sp³-hybridized carbons (Fsp3) is 0.583. The van der Waals surface area contributed by atoms with Crippen molar-refractivity contribution in [3.05, 3.63) is 23.9 Å². The lowest BCUT2D eigenvalue weighted by Crippen LogP contribution is -2.32. The molecule has 1 unspecified atom stereocenters. The zero-order valence-corrected chi connectivity index (χ0v) is 11.9. The zero-order chi connectivity index (χ0) is 13.6. The van der Waals surface area contributed by atoms with Crippen LogP contribution in [0.15, 0.2) is 23.4 Å². The van der Waals surface area contributed by atoms with Gasteiger partial charge in [-0.25, -0.2) is 18.1 Å². The predicted octanol–water partition coefficient (Wildman–Crippen LogP) is 1.27. The van der Waals surface area contributed by atoms with Crippen molar-refractivity contribution in [2.45, 2.75) is 44.8 Å². The van der Waals surface area contributed by atoms with Crippen LogP contribution in [0.4, 0.5) is 0 Å². The monoisotopic (exact) mass is 271 g/mol. The van der Waals surface area contributed by atoms with Crippen molar-refractivity contribution in [1.82, 2.24) is 15.0 Å². The van der Waals surface area contributed by atoms with Crippen LogP contribution in [-0.2, 0) is 16.6 Å². The van der Waals surface area contributed by atoms with Gasteiger partial charge in [0.05, 0.1) is 0 Å². The fourth-order valence-corrected chi connectivity index (χ4v) is 2.61. The van der Waals surface area contributed by atoms with Gasteiger partial charge < -0.3 is 5.32 Å². The van der Waals surface area contributed by atoms with Crippen LogP contribution in [-0.4, -0.2) is 26.0 Å². The molecule has 0 aliphatic carbocycles. The van der Waals surface area contributed by atoms with Gasteiger partial charge in [-0.2, -0.15) is 0 Å². The van der Waals surface area contributed by atoms with Crippen molar-refractivity contribution in [3.63, 3.8) is 0 Å². The average molecular weight is 271 g/mol. The van der Waals surface area contributed by atoms with Crippen LogP contribution in [0.25, 0.3) is 0 Å². The topological polar surface area (TPSA) is 71.1 Å². The van der Waals surface area contributed by atoms with Gasteiger partial charge in [-0.15, -0.1) is 0 Å². The van der Waals surface area contributed by atoms with Crippen LogP contribution >= 0.6 is 0 Å². The Balaban J connectivity index is 2.77. The molecule has 0 aliphatic rings. The third-order valence-electron chi connectivity index (χ3n) is 2.62. The molecule has 0 fully saturated rings. The van der Waals surface area contributed by atoms with E-state index in [1.165, 1.54) is 6.07 Å². The maximum Gasteiger partial charge on any atom is 0.258 e. The SMILES string of the molecule is CCNCc1ccc(S(=O)(=O)NC(C)CC)nc1.